The van der Waals surface area contributed by atoms with Gasteiger partial charge in [0.05, 0.1) is 5.56 Å². The fraction of sp³-hybridized carbons (Fsp3) is 0.353. The van der Waals surface area contributed by atoms with Gasteiger partial charge in [-0.05, 0) is 34.1 Å². The van der Waals surface area contributed by atoms with Crippen molar-refractivity contribution in [3.63, 3.8) is 0 Å². The molecule has 4 rings (SSSR count). The van der Waals surface area contributed by atoms with Crippen LogP contribution < -0.4 is 10.5 Å². The Morgan fingerprint density at radius 1 is 1.12 bits per heavy atom. The van der Waals surface area contributed by atoms with Crippen molar-refractivity contribution in [2.24, 2.45) is 11.8 Å². The summed E-state index contributed by atoms with van der Waals surface area (Å²) >= 11 is 3.41. The van der Waals surface area contributed by atoms with Crippen LogP contribution in [0.25, 0.3) is 0 Å². The number of rotatable bonds is 2. The van der Waals surface area contributed by atoms with Crippen molar-refractivity contribution in [1.82, 2.24) is 14.9 Å². The number of hydrogen-bond donors (Lipinski definition) is 1. The van der Waals surface area contributed by atoms with Gasteiger partial charge in [-0.3, -0.25) is 9.59 Å². The number of pyridine rings is 2. The molecule has 0 aromatic carbocycles. The zero-order chi connectivity index (χ0) is 16.7. The predicted octanol–water partition coefficient (Wildman–Crippen LogP) is 1.74. The van der Waals surface area contributed by atoms with Crippen LogP contribution in [0.5, 0.6) is 0 Å². The van der Waals surface area contributed by atoms with E-state index in [9.17, 15) is 9.59 Å². The molecule has 6 nitrogen and oxygen atoms in total. The van der Waals surface area contributed by atoms with Gasteiger partial charge < -0.3 is 14.8 Å². The third kappa shape index (κ3) is 2.84. The van der Waals surface area contributed by atoms with Crippen molar-refractivity contribution in [3.8, 4) is 0 Å². The van der Waals surface area contributed by atoms with E-state index in [2.05, 4.69) is 30.8 Å². The average molecular weight is 389 g/mol. The van der Waals surface area contributed by atoms with Gasteiger partial charge in [0.2, 0.25) is 5.56 Å². The molecule has 2 aromatic rings. The molecule has 0 radical (unpaired) electrons. The van der Waals surface area contributed by atoms with Crippen molar-refractivity contribution in [2.45, 2.75) is 0 Å². The molecular formula is C17H17BrN4O2. The highest BCUT2D eigenvalue weighted by atomic mass is 79.9. The number of nitrogens with one attached hydrogen (secondary N) is 1. The maximum atomic E-state index is 12.6. The molecule has 4 heterocycles. The molecule has 2 aromatic heterocycles. The highest BCUT2D eigenvalue weighted by molar-refractivity contribution is 9.10. The molecule has 7 heteroatoms. The van der Waals surface area contributed by atoms with Gasteiger partial charge in [-0.2, -0.15) is 0 Å². The van der Waals surface area contributed by atoms with Crippen LogP contribution in [0.1, 0.15) is 10.4 Å². The number of halogens is 1. The number of fused-ring (bicyclic) bond motifs is 1. The molecule has 124 valence electrons. The Labute approximate surface area is 147 Å². The number of aromatic nitrogens is 2. The van der Waals surface area contributed by atoms with Crippen LogP contribution in [0.3, 0.4) is 0 Å². The molecule has 24 heavy (non-hydrogen) atoms. The third-order valence-electron chi connectivity index (χ3n) is 4.84. The number of anilines is 1. The lowest BCUT2D eigenvalue weighted by molar-refractivity contribution is 0.0782. The van der Waals surface area contributed by atoms with E-state index in [0.717, 1.165) is 36.5 Å². The smallest absolute Gasteiger partial charge is 0.255 e. The molecule has 0 saturated carbocycles. The number of nitrogens with zero attached hydrogens (tertiary/aromatic N) is 3. The summed E-state index contributed by atoms with van der Waals surface area (Å²) < 4.78 is 0.975. The fourth-order valence-corrected chi connectivity index (χ4v) is 3.86. The van der Waals surface area contributed by atoms with E-state index in [4.69, 9.17) is 0 Å². The molecule has 0 aliphatic carbocycles. The first-order chi connectivity index (χ1) is 11.6. The van der Waals surface area contributed by atoms with Gasteiger partial charge in [-0.1, -0.05) is 0 Å². The van der Waals surface area contributed by atoms with Crippen LogP contribution in [-0.2, 0) is 0 Å². The summed E-state index contributed by atoms with van der Waals surface area (Å²) in [6.45, 7) is 3.37. The summed E-state index contributed by atoms with van der Waals surface area (Å²) in [7, 11) is 0. The second-order valence-electron chi connectivity index (χ2n) is 6.41. The summed E-state index contributed by atoms with van der Waals surface area (Å²) in [5.74, 6) is 1.93. The van der Waals surface area contributed by atoms with E-state index in [1.807, 2.05) is 23.2 Å². The molecule has 1 amide bonds. The standard InChI is InChI=1S/C17H17BrN4O2/c18-14-2-3-15(19-6-14)21-7-12-9-22(10-13(12)8-21)17(24)11-1-4-16(23)20-5-11/h1-6,12-13H,7-10H2,(H,20,23). The average Bonchev–Trinajstić information content (AvgIpc) is 3.14. The van der Waals surface area contributed by atoms with Crippen molar-refractivity contribution >= 4 is 27.7 Å². The number of aromatic amines is 1. The van der Waals surface area contributed by atoms with Gasteiger partial charge in [-0.25, -0.2) is 4.98 Å². The van der Waals surface area contributed by atoms with Gasteiger partial charge in [0.25, 0.3) is 5.91 Å². The number of carbonyl (C=O) groups is 1. The van der Waals surface area contributed by atoms with E-state index in [1.165, 1.54) is 12.3 Å². The van der Waals surface area contributed by atoms with Crippen LogP contribution in [-0.4, -0.2) is 47.0 Å². The van der Waals surface area contributed by atoms with E-state index in [-0.39, 0.29) is 11.5 Å². The lowest BCUT2D eigenvalue weighted by Crippen LogP contribution is -2.33. The van der Waals surface area contributed by atoms with Gasteiger partial charge in [0, 0.05) is 60.9 Å². The van der Waals surface area contributed by atoms with E-state index >= 15 is 0 Å². The maximum Gasteiger partial charge on any atom is 0.255 e. The number of hydrogen-bond acceptors (Lipinski definition) is 4. The number of H-pyrrole nitrogens is 1. The van der Waals surface area contributed by atoms with E-state index in [0.29, 0.717) is 17.4 Å². The van der Waals surface area contributed by atoms with E-state index < -0.39 is 0 Å². The molecule has 2 atom stereocenters. The van der Waals surface area contributed by atoms with Gasteiger partial charge >= 0.3 is 0 Å². The monoisotopic (exact) mass is 388 g/mol. The maximum absolute atomic E-state index is 12.6. The number of likely N-dealkylation sites (tertiary alicyclic amines) is 1. The Kier molecular flexibility index (Phi) is 3.88. The first kappa shape index (κ1) is 15.4. The first-order valence-corrected chi connectivity index (χ1v) is 8.74. The van der Waals surface area contributed by atoms with Crippen LogP contribution >= 0.6 is 15.9 Å². The predicted molar refractivity (Wildman–Crippen MR) is 94.1 cm³/mol. The second-order valence-corrected chi connectivity index (χ2v) is 7.33. The molecule has 2 aliphatic heterocycles. The van der Waals surface area contributed by atoms with Crippen LogP contribution in [0.15, 0.2) is 45.9 Å². The van der Waals surface area contributed by atoms with Gasteiger partial charge in [-0.15, -0.1) is 0 Å². The Morgan fingerprint density at radius 2 is 1.88 bits per heavy atom. The SMILES string of the molecule is O=C(c1ccc(=O)[nH]c1)N1CC2CN(c3ccc(Br)cn3)CC2C1. The zero-order valence-corrected chi connectivity index (χ0v) is 14.6. The van der Waals surface area contributed by atoms with Crippen molar-refractivity contribution in [3.05, 3.63) is 57.0 Å². The third-order valence-corrected chi connectivity index (χ3v) is 5.31. The number of amides is 1. The summed E-state index contributed by atoms with van der Waals surface area (Å²) in [6.07, 6.45) is 3.31. The molecule has 0 spiro atoms. The minimum absolute atomic E-state index is 0.00559. The molecule has 2 unspecified atom stereocenters. The summed E-state index contributed by atoms with van der Waals surface area (Å²) in [5, 5.41) is 0. The van der Waals surface area contributed by atoms with Gasteiger partial charge in [0.1, 0.15) is 5.82 Å². The molecule has 2 fully saturated rings. The highest BCUT2D eigenvalue weighted by Gasteiger charge is 2.42. The molecular weight excluding hydrogens is 372 g/mol. The van der Waals surface area contributed by atoms with Crippen LogP contribution in [0.2, 0.25) is 0 Å². The van der Waals surface area contributed by atoms with Gasteiger partial charge in [0.15, 0.2) is 0 Å². The summed E-state index contributed by atoms with van der Waals surface area (Å²) in [5.41, 5.74) is 0.350. The van der Waals surface area contributed by atoms with Crippen molar-refractivity contribution < 1.29 is 4.79 Å². The van der Waals surface area contributed by atoms with Crippen molar-refractivity contribution in [2.75, 3.05) is 31.1 Å². The topological polar surface area (TPSA) is 69.3 Å². The molecule has 0 bridgehead atoms. The van der Waals surface area contributed by atoms with Crippen LogP contribution in [0, 0.1) is 11.8 Å². The molecule has 1 N–H and O–H groups in total. The van der Waals surface area contributed by atoms with Crippen molar-refractivity contribution in [1.29, 1.82) is 0 Å². The fourth-order valence-electron chi connectivity index (χ4n) is 3.63. The quantitative estimate of drug-likeness (QED) is 0.850. The minimum atomic E-state index is -0.192. The normalized spacial score (nSPS) is 22.7. The minimum Gasteiger partial charge on any atom is -0.356 e. The molecule has 2 aliphatic rings. The molecule has 2 saturated heterocycles. The van der Waals surface area contributed by atoms with Crippen LogP contribution in [0.4, 0.5) is 5.82 Å². The lowest BCUT2D eigenvalue weighted by Gasteiger charge is -2.22. The summed E-state index contributed by atoms with van der Waals surface area (Å²) in [6, 6.07) is 7.01. The zero-order valence-electron chi connectivity index (χ0n) is 13.0. The Morgan fingerprint density at radius 3 is 2.46 bits per heavy atom. The summed E-state index contributed by atoms with van der Waals surface area (Å²) in [4.78, 5) is 34.9. The Hall–Kier alpha value is -2.15. The highest BCUT2D eigenvalue weighted by Crippen LogP contribution is 2.34. The van der Waals surface area contributed by atoms with E-state index in [1.54, 1.807) is 6.07 Å². The Balaban J connectivity index is 1.42. The lowest BCUT2D eigenvalue weighted by atomic mass is 10.0. The largest absolute Gasteiger partial charge is 0.356 e. The number of carbonyl (C=O) groups excluding carboxylic acids is 1. The second kappa shape index (κ2) is 6.05. The Bertz CT molecular complexity index is 786. The first-order valence-electron chi connectivity index (χ1n) is 7.94.